The third-order valence-electron chi connectivity index (χ3n) is 5.32. The number of furan rings is 1. The van der Waals surface area contributed by atoms with E-state index < -0.39 is 0 Å². The van der Waals surface area contributed by atoms with E-state index in [-0.39, 0.29) is 35.8 Å². The molecule has 1 aromatic heterocycles. The van der Waals surface area contributed by atoms with Crippen molar-refractivity contribution in [2.75, 3.05) is 29.4 Å². The fourth-order valence-corrected chi connectivity index (χ4v) is 3.98. The van der Waals surface area contributed by atoms with Crippen molar-refractivity contribution in [1.29, 1.82) is 0 Å². The molecule has 28 heavy (non-hydrogen) atoms. The van der Waals surface area contributed by atoms with Crippen molar-refractivity contribution in [3.05, 3.63) is 47.9 Å². The van der Waals surface area contributed by atoms with Gasteiger partial charge in [0.05, 0.1) is 29.8 Å². The molecule has 2 aromatic rings. The summed E-state index contributed by atoms with van der Waals surface area (Å²) in [7, 11) is 0. The highest BCUT2D eigenvalue weighted by atomic mass is 16.3. The van der Waals surface area contributed by atoms with Crippen LogP contribution < -0.4 is 26.2 Å². The average Bonchev–Trinajstić information content (AvgIpc) is 3.21. The Kier molecular flexibility index (Phi) is 4.92. The van der Waals surface area contributed by atoms with Crippen molar-refractivity contribution in [2.45, 2.75) is 32.1 Å². The lowest BCUT2D eigenvalue weighted by molar-refractivity contribution is -0.117. The lowest BCUT2D eigenvalue weighted by Crippen LogP contribution is -2.54. The number of nitrogens with zero attached hydrogens (tertiary/aromatic N) is 2. The maximum Gasteiger partial charge on any atom is 0.294 e. The molecule has 2 amide bonds. The van der Waals surface area contributed by atoms with Gasteiger partial charge in [-0.3, -0.25) is 14.9 Å². The highest BCUT2D eigenvalue weighted by Gasteiger charge is 2.35. The zero-order chi connectivity index (χ0) is 19.8. The number of amides is 2. The lowest BCUT2D eigenvalue weighted by Gasteiger charge is -2.41. The Hall–Kier alpha value is -2.68. The first-order valence-corrected chi connectivity index (χ1v) is 9.47. The predicted molar refractivity (Wildman–Crippen MR) is 106 cm³/mol. The molecule has 1 fully saturated rings. The number of piperazine rings is 1. The van der Waals surface area contributed by atoms with Gasteiger partial charge in [-0.2, -0.15) is 0 Å². The minimum atomic E-state index is -0.213. The third-order valence-corrected chi connectivity index (χ3v) is 5.32. The summed E-state index contributed by atoms with van der Waals surface area (Å²) in [5, 5.41) is 6.67. The molecule has 0 bridgehead atoms. The van der Waals surface area contributed by atoms with Crippen LogP contribution in [0.15, 0.2) is 41.0 Å². The van der Waals surface area contributed by atoms with Crippen LogP contribution in [0.2, 0.25) is 0 Å². The highest BCUT2D eigenvalue weighted by Crippen LogP contribution is 2.38. The summed E-state index contributed by atoms with van der Waals surface area (Å²) >= 11 is 0. The van der Waals surface area contributed by atoms with Crippen LogP contribution in [0, 0.1) is 0 Å². The first-order valence-electron chi connectivity index (χ1n) is 9.47. The van der Waals surface area contributed by atoms with E-state index >= 15 is 0 Å². The van der Waals surface area contributed by atoms with Gasteiger partial charge >= 0.3 is 0 Å². The van der Waals surface area contributed by atoms with E-state index in [1.54, 1.807) is 28.9 Å². The Bertz CT molecular complexity index is 874. The molecule has 2 aliphatic heterocycles. The van der Waals surface area contributed by atoms with Crippen molar-refractivity contribution in [1.82, 2.24) is 10.6 Å². The number of benzene rings is 1. The van der Waals surface area contributed by atoms with Crippen molar-refractivity contribution < 1.29 is 14.0 Å². The minimum Gasteiger partial charge on any atom is -0.459 e. The van der Waals surface area contributed by atoms with Crippen molar-refractivity contribution in [3.63, 3.8) is 0 Å². The van der Waals surface area contributed by atoms with Gasteiger partial charge in [0.15, 0.2) is 5.76 Å². The van der Waals surface area contributed by atoms with Crippen LogP contribution in [-0.4, -0.2) is 43.7 Å². The number of hydrogen-bond acceptors (Lipinski definition) is 6. The zero-order valence-electron chi connectivity index (χ0n) is 16.0. The van der Waals surface area contributed by atoms with Gasteiger partial charge in [-0.25, -0.2) is 0 Å². The van der Waals surface area contributed by atoms with E-state index in [0.29, 0.717) is 25.3 Å². The van der Waals surface area contributed by atoms with Gasteiger partial charge in [-0.15, -0.1) is 0 Å². The molecule has 4 rings (SSSR count). The Morgan fingerprint density at radius 1 is 1.18 bits per heavy atom. The predicted octanol–water partition coefficient (Wildman–Crippen LogP) is 1.20. The summed E-state index contributed by atoms with van der Waals surface area (Å²) in [4.78, 5) is 28.8. The fourth-order valence-electron chi connectivity index (χ4n) is 3.98. The fraction of sp³-hybridized carbons (Fsp3) is 0.400. The van der Waals surface area contributed by atoms with E-state index in [2.05, 4.69) is 10.6 Å². The van der Waals surface area contributed by atoms with E-state index in [0.717, 1.165) is 11.3 Å². The minimum absolute atomic E-state index is 0.0463. The average molecular weight is 383 g/mol. The number of fused-ring (bicyclic) bond motifs is 1. The maximum atomic E-state index is 13.1. The number of hydrogen-bond donors (Lipinski definition) is 3. The van der Waals surface area contributed by atoms with Crippen molar-refractivity contribution in [2.24, 2.45) is 5.73 Å². The number of nitrogens with two attached hydrogens (primary N) is 1. The molecule has 8 nitrogen and oxygen atoms in total. The van der Waals surface area contributed by atoms with Gasteiger partial charge in [0.25, 0.3) is 5.91 Å². The molecule has 0 spiro atoms. The van der Waals surface area contributed by atoms with Gasteiger partial charge in [-0.05, 0) is 36.8 Å². The van der Waals surface area contributed by atoms with Crippen LogP contribution >= 0.6 is 0 Å². The van der Waals surface area contributed by atoms with E-state index in [1.807, 2.05) is 25.1 Å². The number of carbonyl (C=O) groups excluding carboxylic acids is 2. The molecule has 8 heteroatoms. The Morgan fingerprint density at radius 2 is 2.00 bits per heavy atom. The van der Waals surface area contributed by atoms with Gasteiger partial charge in [0.1, 0.15) is 0 Å². The summed E-state index contributed by atoms with van der Waals surface area (Å²) in [6.07, 6.45) is 1.42. The molecule has 4 N–H and O–H groups in total. The molecule has 0 saturated carbocycles. The number of rotatable bonds is 2. The maximum absolute atomic E-state index is 13.1. The van der Waals surface area contributed by atoms with Crippen LogP contribution in [0.25, 0.3) is 0 Å². The smallest absolute Gasteiger partial charge is 0.294 e. The van der Waals surface area contributed by atoms with Gasteiger partial charge in [-0.1, -0.05) is 6.07 Å². The second-order valence-electron chi connectivity index (χ2n) is 7.35. The molecule has 148 valence electrons. The van der Waals surface area contributed by atoms with Crippen molar-refractivity contribution in [3.8, 4) is 0 Å². The first-order chi connectivity index (χ1) is 13.5. The third kappa shape index (κ3) is 3.30. The number of nitrogens with one attached hydrogen (secondary N) is 2. The van der Waals surface area contributed by atoms with Crippen LogP contribution in [0.5, 0.6) is 0 Å². The molecule has 0 aliphatic carbocycles. The van der Waals surface area contributed by atoms with Crippen molar-refractivity contribution >= 4 is 23.2 Å². The number of anilines is 2. The van der Waals surface area contributed by atoms with Crippen LogP contribution in [-0.2, 0) is 4.79 Å². The molecule has 3 heterocycles. The van der Waals surface area contributed by atoms with E-state index in [1.165, 1.54) is 6.26 Å². The molecule has 3 atom stereocenters. The second kappa shape index (κ2) is 7.38. The molecule has 2 unspecified atom stereocenters. The topological polar surface area (TPSA) is 104 Å². The Morgan fingerprint density at radius 3 is 2.64 bits per heavy atom. The van der Waals surface area contributed by atoms with E-state index in [4.69, 9.17) is 10.2 Å². The summed E-state index contributed by atoms with van der Waals surface area (Å²) < 4.78 is 5.32. The molecule has 1 aromatic carbocycles. The Labute approximate surface area is 163 Å². The number of carbonyl (C=O) groups is 2. The molecule has 0 radical (unpaired) electrons. The zero-order valence-corrected chi connectivity index (χ0v) is 16.0. The standard InChI is InChI=1S/C20H25N5O3/c1-12-11-24(20(27)18-4-3-7-28-18)17-8-14(15-9-23-19(21)10-22-15)5-6-16(17)25(12)13(2)26/h3-8,12,15,19,22-23H,9-11,21H2,1-2H3/t12-,15?,19?/m0/s1. The monoisotopic (exact) mass is 383 g/mol. The summed E-state index contributed by atoms with van der Waals surface area (Å²) in [6.45, 7) is 5.24. The summed E-state index contributed by atoms with van der Waals surface area (Å²) in [5.74, 6) is 0.0218. The molecule has 2 aliphatic rings. The lowest BCUT2D eigenvalue weighted by atomic mass is 9.99. The van der Waals surface area contributed by atoms with Crippen LogP contribution in [0.1, 0.15) is 36.0 Å². The summed E-state index contributed by atoms with van der Waals surface area (Å²) in [6, 6.07) is 9.19. The van der Waals surface area contributed by atoms with Crippen LogP contribution in [0.3, 0.4) is 0 Å². The Balaban J connectivity index is 1.74. The quantitative estimate of drug-likeness (QED) is 0.720. The summed E-state index contributed by atoms with van der Waals surface area (Å²) in [5.41, 5.74) is 8.37. The van der Waals surface area contributed by atoms with E-state index in [9.17, 15) is 9.59 Å². The highest BCUT2D eigenvalue weighted by molar-refractivity contribution is 6.09. The molecular formula is C20H25N5O3. The van der Waals surface area contributed by atoms with Gasteiger partial charge < -0.3 is 25.3 Å². The largest absolute Gasteiger partial charge is 0.459 e. The normalized spacial score (nSPS) is 24.8. The van der Waals surface area contributed by atoms with Gasteiger partial charge in [0, 0.05) is 32.6 Å². The molecular weight excluding hydrogens is 358 g/mol. The van der Waals surface area contributed by atoms with Crippen LogP contribution in [0.4, 0.5) is 11.4 Å². The SMILES string of the molecule is CC(=O)N1c2ccc(C3CNC(N)CN3)cc2N(C(=O)c2ccco2)C[C@@H]1C. The molecule has 1 saturated heterocycles. The second-order valence-corrected chi connectivity index (χ2v) is 7.35. The van der Waals surface area contributed by atoms with Gasteiger partial charge in [0.2, 0.25) is 5.91 Å². The first kappa shape index (κ1) is 18.7.